The minimum atomic E-state index is -4.72. The summed E-state index contributed by atoms with van der Waals surface area (Å²) in [6, 6.07) is 12.4. The van der Waals surface area contributed by atoms with Crippen molar-refractivity contribution in [3.63, 3.8) is 0 Å². The fourth-order valence-electron chi connectivity index (χ4n) is 3.22. The minimum absolute atomic E-state index is 0.169. The molecule has 5 nitrogen and oxygen atoms in total. The van der Waals surface area contributed by atoms with Crippen LogP contribution in [0.15, 0.2) is 53.4 Å². The van der Waals surface area contributed by atoms with Gasteiger partial charge in [0.15, 0.2) is 0 Å². The van der Waals surface area contributed by atoms with Crippen LogP contribution in [0.1, 0.15) is 16.8 Å². The van der Waals surface area contributed by atoms with Crippen LogP contribution in [0.25, 0.3) is 0 Å². The second-order valence-corrected chi connectivity index (χ2v) is 8.74. The third-order valence-corrected chi connectivity index (χ3v) is 6.26. The molecule has 2 aromatic carbocycles. The predicted molar refractivity (Wildman–Crippen MR) is 104 cm³/mol. The van der Waals surface area contributed by atoms with E-state index in [2.05, 4.69) is 0 Å². The highest BCUT2D eigenvalue weighted by atomic mass is 35.5. The van der Waals surface area contributed by atoms with Crippen molar-refractivity contribution in [3.05, 3.63) is 59.1 Å². The van der Waals surface area contributed by atoms with E-state index in [1.165, 1.54) is 18.2 Å². The van der Waals surface area contributed by atoms with Crippen LogP contribution in [-0.2, 0) is 9.84 Å². The smallest absolute Gasteiger partial charge is 0.341 e. The van der Waals surface area contributed by atoms with E-state index in [4.69, 9.17) is 11.6 Å². The lowest BCUT2D eigenvalue weighted by Crippen LogP contribution is -2.35. The number of hydrogen-bond donors (Lipinski definition) is 0. The Bertz CT molecular complexity index is 969. The molecule has 0 unspecified atom stereocenters. The van der Waals surface area contributed by atoms with Crippen LogP contribution in [0, 0.1) is 0 Å². The Morgan fingerprint density at radius 1 is 1.00 bits per heavy atom. The highest BCUT2D eigenvalue weighted by Gasteiger charge is 2.31. The normalized spacial score (nSPS) is 15.6. The molecule has 0 aromatic heterocycles. The maximum atomic E-state index is 13.0. The molecule has 0 N–H and O–H groups in total. The topological polar surface area (TPSA) is 57.7 Å². The molecule has 1 heterocycles. The SMILES string of the molecule is O=C(c1cccc(Cl)c1)N1CCCN(c2ccccc2S(=O)(=O)C(F)F)CC1. The average Bonchev–Trinajstić information content (AvgIpc) is 2.93. The van der Waals surface area contributed by atoms with Gasteiger partial charge in [0.05, 0.1) is 10.6 Å². The van der Waals surface area contributed by atoms with Crippen LogP contribution in [0.3, 0.4) is 0 Å². The van der Waals surface area contributed by atoms with Crippen LogP contribution >= 0.6 is 11.6 Å². The standard InChI is InChI=1S/C19H19ClF2N2O3S/c20-15-6-3-5-14(13-15)18(25)24-10-4-9-23(11-12-24)16-7-1-2-8-17(16)28(26,27)19(21)22/h1-3,5-8,13,19H,4,9-12H2. The average molecular weight is 429 g/mol. The van der Waals surface area contributed by atoms with E-state index in [0.717, 1.165) is 0 Å². The molecule has 9 heteroatoms. The Kier molecular flexibility index (Phi) is 6.20. The molecule has 0 radical (unpaired) electrons. The number of halogens is 3. The van der Waals surface area contributed by atoms with Crippen molar-refractivity contribution >= 4 is 33.0 Å². The number of carbonyl (C=O) groups excluding carboxylic acids is 1. The van der Waals surface area contributed by atoms with Gasteiger partial charge in [-0.1, -0.05) is 29.8 Å². The molecule has 28 heavy (non-hydrogen) atoms. The van der Waals surface area contributed by atoms with Crippen LogP contribution < -0.4 is 4.90 Å². The number of carbonyl (C=O) groups is 1. The first-order valence-corrected chi connectivity index (χ1v) is 10.6. The van der Waals surface area contributed by atoms with E-state index in [9.17, 15) is 22.0 Å². The van der Waals surface area contributed by atoms with Gasteiger partial charge in [0, 0.05) is 36.8 Å². The highest BCUT2D eigenvalue weighted by Crippen LogP contribution is 2.30. The quantitative estimate of drug-likeness (QED) is 0.745. The van der Waals surface area contributed by atoms with Crippen molar-refractivity contribution in [1.29, 1.82) is 0 Å². The van der Waals surface area contributed by atoms with Crippen LogP contribution in [0.2, 0.25) is 5.02 Å². The monoisotopic (exact) mass is 428 g/mol. The molecule has 0 saturated carbocycles. The summed E-state index contributed by atoms with van der Waals surface area (Å²) in [7, 11) is -4.72. The van der Waals surface area contributed by atoms with E-state index < -0.39 is 15.6 Å². The van der Waals surface area contributed by atoms with E-state index in [1.807, 2.05) is 0 Å². The molecule has 2 aromatic rings. The van der Waals surface area contributed by atoms with Gasteiger partial charge in [-0.05, 0) is 36.8 Å². The summed E-state index contributed by atoms with van der Waals surface area (Å²) in [6.07, 6.45) is 0.579. The number of rotatable bonds is 4. The Balaban J connectivity index is 1.81. The first-order valence-electron chi connectivity index (χ1n) is 8.71. The number of anilines is 1. The van der Waals surface area contributed by atoms with E-state index in [0.29, 0.717) is 43.2 Å². The zero-order chi connectivity index (χ0) is 20.3. The van der Waals surface area contributed by atoms with E-state index in [1.54, 1.807) is 40.1 Å². The fourth-order valence-corrected chi connectivity index (χ4v) is 4.36. The Morgan fingerprint density at radius 2 is 1.75 bits per heavy atom. The number of alkyl halides is 2. The van der Waals surface area contributed by atoms with Crippen LogP contribution in [0.5, 0.6) is 0 Å². The summed E-state index contributed by atoms with van der Waals surface area (Å²) in [4.78, 5) is 15.7. The van der Waals surface area contributed by atoms with E-state index in [-0.39, 0.29) is 16.5 Å². The maximum absolute atomic E-state index is 13.0. The summed E-state index contributed by atoms with van der Waals surface area (Å²) in [6.45, 7) is 1.61. The van der Waals surface area contributed by atoms with Crippen LogP contribution in [0.4, 0.5) is 14.5 Å². The number of sulfone groups is 1. The summed E-state index contributed by atoms with van der Waals surface area (Å²) < 4.78 is 50.1. The summed E-state index contributed by atoms with van der Waals surface area (Å²) in [5, 5.41) is 0.466. The second-order valence-electron chi connectivity index (χ2n) is 6.42. The zero-order valence-corrected chi connectivity index (χ0v) is 16.5. The molecule has 3 rings (SSSR count). The fraction of sp³-hybridized carbons (Fsp3) is 0.316. The third-order valence-electron chi connectivity index (χ3n) is 4.60. The van der Waals surface area contributed by atoms with Gasteiger partial charge in [0.25, 0.3) is 5.91 Å². The molecular weight excluding hydrogens is 410 g/mol. The van der Waals surface area contributed by atoms with Gasteiger partial charge in [0.2, 0.25) is 9.84 Å². The van der Waals surface area contributed by atoms with Gasteiger partial charge in [0.1, 0.15) is 0 Å². The maximum Gasteiger partial charge on any atom is 0.341 e. The van der Waals surface area contributed by atoms with Gasteiger partial charge in [-0.15, -0.1) is 0 Å². The van der Waals surface area contributed by atoms with Gasteiger partial charge < -0.3 is 9.80 Å². The lowest BCUT2D eigenvalue weighted by Gasteiger charge is -2.25. The molecule has 1 amide bonds. The molecule has 1 aliphatic rings. The molecule has 0 aliphatic carbocycles. The van der Waals surface area contributed by atoms with Crippen molar-refractivity contribution in [2.24, 2.45) is 0 Å². The molecule has 0 spiro atoms. The number of hydrogen-bond acceptors (Lipinski definition) is 4. The Labute approximate surface area is 167 Å². The lowest BCUT2D eigenvalue weighted by atomic mass is 10.2. The number of benzene rings is 2. The van der Waals surface area contributed by atoms with Gasteiger partial charge in [-0.2, -0.15) is 8.78 Å². The molecule has 0 atom stereocenters. The largest absolute Gasteiger partial charge is 0.369 e. The number of para-hydroxylation sites is 1. The van der Waals surface area contributed by atoms with Crippen molar-refractivity contribution in [3.8, 4) is 0 Å². The molecule has 0 bridgehead atoms. The van der Waals surface area contributed by atoms with Gasteiger partial charge >= 0.3 is 5.76 Å². The first-order chi connectivity index (χ1) is 13.3. The molecule has 150 valence electrons. The highest BCUT2D eigenvalue weighted by molar-refractivity contribution is 7.91. The second kappa shape index (κ2) is 8.45. The first kappa shape index (κ1) is 20.5. The van der Waals surface area contributed by atoms with E-state index >= 15 is 0 Å². The van der Waals surface area contributed by atoms with Crippen molar-refractivity contribution in [2.45, 2.75) is 17.1 Å². The summed E-state index contributed by atoms with van der Waals surface area (Å²) in [5.41, 5.74) is 0.710. The summed E-state index contributed by atoms with van der Waals surface area (Å²) in [5.74, 6) is -3.65. The minimum Gasteiger partial charge on any atom is -0.369 e. The molecule has 1 fully saturated rings. The van der Waals surface area contributed by atoms with Gasteiger partial charge in [-0.25, -0.2) is 8.42 Å². The van der Waals surface area contributed by atoms with Crippen LogP contribution in [-0.4, -0.2) is 51.2 Å². The zero-order valence-electron chi connectivity index (χ0n) is 14.9. The Morgan fingerprint density at radius 3 is 2.46 bits per heavy atom. The molecular formula is C19H19ClF2N2O3S. The van der Waals surface area contributed by atoms with Crippen molar-refractivity contribution in [2.75, 3.05) is 31.1 Å². The Hall–Kier alpha value is -2.19. The lowest BCUT2D eigenvalue weighted by molar-refractivity contribution is 0.0767. The molecule has 1 saturated heterocycles. The summed E-state index contributed by atoms with van der Waals surface area (Å²) >= 11 is 5.95. The number of nitrogens with zero attached hydrogens (tertiary/aromatic N) is 2. The predicted octanol–water partition coefficient (Wildman–Crippen LogP) is 3.69. The van der Waals surface area contributed by atoms with Crippen molar-refractivity contribution < 1.29 is 22.0 Å². The van der Waals surface area contributed by atoms with Crippen molar-refractivity contribution in [1.82, 2.24) is 4.90 Å². The molecule has 1 aliphatic heterocycles. The number of amides is 1. The third kappa shape index (κ3) is 4.28. The van der Waals surface area contributed by atoms with Gasteiger partial charge in [-0.3, -0.25) is 4.79 Å².